The van der Waals surface area contributed by atoms with Gasteiger partial charge in [0.1, 0.15) is 11.1 Å². The van der Waals surface area contributed by atoms with Crippen LogP contribution in [0.4, 0.5) is 13.2 Å². The lowest BCUT2D eigenvalue weighted by Gasteiger charge is -2.12. The van der Waals surface area contributed by atoms with Crippen LogP contribution in [-0.4, -0.2) is 38.3 Å². The fourth-order valence-electron chi connectivity index (χ4n) is 2.85. The number of halogens is 3. The molecule has 2 heterocycles. The van der Waals surface area contributed by atoms with Crippen molar-refractivity contribution in [2.45, 2.75) is 27.5 Å². The summed E-state index contributed by atoms with van der Waals surface area (Å²) >= 11 is 1.69. The lowest BCUT2D eigenvalue weighted by atomic mass is 10.2. The van der Waals surface area contributed by atoms with Gasteiger partial charge in [-0.15, -0.1) is 10.2 Å². The smallest absolute Gasteiger partial charge is 0.319 e. The van der Waals surface area contributed by atoms with E-state index in [2.05, 4.69) is 10.2 Å². The highest BCUT2D eigenvalue weighted by Crippen LogP contribution is 2.34. The van der Waals surface area contributed by atoms with Crippen molar-refractivity contribution < 1.29 is 22.7 Å². The average molecular weight is 437 g/mol. The summed E-state index contributed by atoms with van der Waals surface area (Å²) in [4.78, 5) is 12.3. The number of hydrogen-bond acceptors (Lipinski definition) is 6. The van der Waals surface area contributed by atoms with Gasteiger partial charge in [-0.3, -0.25) is 9.36 Å². The number of benzene rings is 2. The predicted octanol–water partition coefficient (Wildman–Crippen LogP) is 4.80. The molecule has 5 nitrogen and oxygen atoms in total. The van der Waals surface area contributed by atoms with E-state index in [9.17, 15) is 18.0 Å². The van der Waals surface area contributed by atoms with Gasteiger partial charge in [0.25, 0.3) is 5.76 Å². The molecular weight excluding hydrogens is 423 g/mol. The fourth-order valence-corrected chi connectivity index (χ4v) is 4.37. The maximum Gasteiger partial charge on any atom is 0.319 e. The first-order valence-corrected chi connectivity index (χ1v) is 10.4. The van der Waals surface area contributed by atoms with Crippen molar-refractivity contribution >= 4 is 29.5 Å². The Morgan fingerprint density at radius 1 is 1.07 bits per heavy atom. The van der Waals surface area contributed by atoms with Gasteiger partial charge in [0, 0.05) is 22.6 Å². The summed E-state index contributed by atoms with van der Waals surface area (Å²) in [5.41, 5.74) is 1.27. The van der Waals surface area contributed by atoms with Crippen molar-refractivity contribution in [3.8, 4) is 17.1 Å². The molecule has 2 aromatic carbocycles. The first-order chi connectivity index (χ1) is 14.0. The van der Waals surface area contributed by atoms with E-state index in [1.807, 2.05) is 0 Å². The molecule has 0 N–H and O–H groups in total. The first-order valence-electron chi connectivity index (χ1n) is 8.61. The van der Waals surface area contributed by atoms with E-state index in [1.54, 1.807) is 41.0 Å². The van der Waals surface area contributed by atoms with E-state index < -0.39 is 11.0 Å². The summed E-state index contributed by atoms with van der Waals surface area (Å²) in [5, 5.41) is 8.50. The molecule has 3 aromatic rings. The van der Waals surface area contributed by atoms with Gasteiger partial charge in [-0.1, -0.05) is 23.5 Å². The van der Waals surface area contributed by atoms with Gasteiger partial charge in [0.15, 0.2) is 11.0 Å². The van der Waals surface area contributed by atoms with Crippen molar-refractivity contribution in [2.24, 2.45) is 0 Å². The van der Waals surface area contributed by atoms with Gasteiger partial charge < -0.3 is 4.74 Å². The van der Waals surface area contributed by atoms with Crippen LogP contribution in [0.1, 0.15) is 6.42 Å². The summed E-state index contributed by atoms with van der Waals surface area (Å²) < 4.78 is 45.3. The van der Waals surface area contributed by atoms with Gasteiger partial charge in [-0.2, -0.15) is 8.78 Å². The Balaban J connectivity index is 1.74. The molecule has 1 saturated heterocycles. The molecule has 1 aliphatic rings. The molecule has 0 aliphatic carbocycles. The van der Waals surface area contributed by atoms with Gasteiger partial charge >= 0.3 is 5.97 Å². The number of ether oxygens (including phenoxy) is 1. The number of carbonyl (C=O) groups is 1. The highest BCUT2D eigenvalue weighted by molar-refractivity contribution is 8.00. The second kappa shape index (κ2) is 8.50. The molecule has 0 spiro atoms. The van der Waals surface area contributed by atoms with E-state index in [0.29, 0.717) is 51.9 Å². The van der Waals surface area contributed by atoms with E-state index in [-0.39, 0.29) is 11.8 Å². The van der Waals surface area contributed by atoms with Crippen LogP contribution in [0.25, 0.3) is 17.1 Å². The normalized spacial score (nSPS) is 16.4. The number of hydrogen-bond donors (Lipinski definition) is 0. The molecule has 0 saturated carbocycles. The molecule has 1 atom stereocenters. The second-order valence-electron chi connectivity index (χ2n) is 6.08. The molecule has 0 radical (unpaired) electrons. The summed E-state index contributed by atoms with van der Waals surface area (Å²) in [6.45, 7) is 0.356. The van der Waals surface area contributed by atoms with Gasteiger partial charge in [-0.25, -0.2) is 4.39 Å². The average Bonchev–Trinajstić information content (AvgIpc) is 3.29. The van der Waals surface area contributed by atoms with Gasteiger partial charge in [0.05, 0.1) is 6.61 Å². The topological polar surface area (TPSA) is 57.0 Å². The zero-order valence-electron chi connectivity index (χ0n) is 14.8. The molecule has 1 aliphatic heterocycles. The third-order valence-corrected chi connectivity index (χ3v) is 6.10. The van der Waals surface area contributed by atoms with E-state index in [0.717, 1.165) is 0 Å². The molecule has 1 fully saturated rings. The molecular formula is C19H14F3N3O2S2. The number of cyclic esters (lactones) is 1. The van der Waals surface area contributed by atoms with Crippen LogP contribution in [0.15, 0.2) is 58.6 Å². The summed E-state index contributed by atoms with van der Waals surface area (Å²) in [5.74, 6) is -2.74. The van der Waals surface area contributed by atoms with Crippen LogP contribution in [0.3, 0.4) is 0 Å². The molecule has 10 heteroatoms. The van der Waals surface area contributed by atoms with Crippen LogP contribution in [0.5, 0.6) is 0 Å². The molecule has 150 valence electrons. The monoisotopic (exact) mass is 437 g/mol. The van der Waals surface area contributed by atoms with Crippen LogP contribution in [0, 0.1) is 5.82 Å². The molecule has 29 heavy (non-hydrogen) atoms. The van der Waals surface area contributed by atoms with Crippen molar-refractivity contribution in [3.63, 3.8) is 0 Å². The Kier molecular flexibility index (Phi) is 5.81. The number of aromatic nitrogens is 3. The Bertz CT molecular complexity index is 1010. The van der Waals surface area contributed by atoms with Crippen molar-refractivity contribution in [3.05, 3.63) is 54.3 Å². The van der Waals surface area contributed by atoms with Crippen LogP contribution in [0.2, 0.25) is 0 Å². The zero-order chi connectivity index (χ0) is 20.4. The number of rotatable bonds is 6. The van der Waals surface area contributed by atoms with Gasteiger partial charge in [-0.05, 0) is 48.5 Å². The van der Waals surface area contributed by atoms with Crippen LogP contribution < -0.4 is 0 Å². The summed E-state index contributed by atoms with van der Waals surface area (Å²) in [6, 6.07) is 12.3. The number of esters is 1. The quantitative estimate of drug-likeness (QED) is 0.408. The standard InChI is InChI=1S/C19H14F3N3O2S2/c20-12-3-1-11(2-4-12)16-23-24-19(29-15-9-10-27-17(15)26)25(16)13-5-7-14(8-6-13)28-18(21)22/h1-8,15,18H,9-10H2/t15-/m1/s1. The minimum absolute atomic E-state index is 0.309. The molecule has 1 aromatic heterocycles. The van der Waals surface area contributed by atoms with E-state index >= 15 is 0 Å². The maximum absolute atomic E-state index is 13.3. The van der Waals surface area contributed by atoms with Gasteiger partial charge in [0.2, 0.25) is 0 Å². The first kappa shape index (κ1) is 19.8. The zero-order valence-corrected chi connectivity index (χ0v) is 16.4. The molecule has 0 bridgehead atoms. The Hall–Kier alpha value is -2.46. The lowest BCUT2D eigenvalue weighted by Crippen LogP contribution is -2.11. The molecule has 4 rings (SSSR count). The Morgan fingerprint density at radius 2 is 1.79 bits per heavy atom. The summed E-state index contributed by atoms with van der Waals surface area (Å²) in [7, 11) is 0. The largest absolute Gasteiger partial charge is 0.465 e. The second-order valence-corrected chi connectivity index (χ2v) is 8.32. The number of nitrogens with zero attached hydrogens (tertiary/aromatic N) is 3. The van der Waals surface area contributed by atoms with Crippen LogP contribution >= 0.6 is 23.5 Å². The minimum atomic E-state index is -2.51. The third kappa shape index (κ3) is 4.43. The Morgan fingerprint density at radius 3 is 2.41 bits per heavy atom. The number of alkyl halides is 2. The van der Waals surface area contributed by atoms with E-state index in [1.165, 1.54) is 23.9 Å². The number of carbonyl (C=O) groups excluding carboxylic acids is 1. The van der Waals surface area contributed by atoms with Crippen molar-refractivity contribution in [1.82, 2.24) is 14.8 Å². The van der Waals surface area contributed by atoms with Crippen LogP contribution in [-0.2, 0) is 9.53 Å². The molecule has 0 amide bonds. The fraction of sp³-hybridized carbons (Fsp3) is 0.211. The Labute approximate surface area is 172 Å². The van der Waals surface area contributed by atoms with E-state index in [4.69, 9.17) is 4.74 Å². The summed E-state index contributed by atoms with van der Waals surface area (Å²) in [6.07, 6.45) is 0.562. The predicted molar refractivity (Wildman–Crippen MR) is 104 cm³/mol. The maximum atomic E-state index is 13.3. The SMILES string of the molecule is O=C1OCC[C@H]1Sc1nnc(-c2ccc(F)cc2)n1-c1ccc(SC(F)F)cc1. The highest BCUT2D eigenvalue weighted by atomic mass is 32.2. The number of thioether (sulfide) groups is 2. The minimum Gasteiger partial charge on any atom is -0.465 e. The molecule has 0 unspecified atom stereocenters. The van der Waals surface area contributed by atoms with Crippen molar-refractivity contribution in [2.75, 3.05) is 6.61 Å². The lowest BCUT2D eigenvalue weighted by molar-refractivity contribution is -0.137. The van der Waals surface area contributed by atoms with Crippen molar-refractivity contribution in [1.29, 1.82) is 0 Å². The highest BCUT2D eigenvalue weighted by Gasteiger charge is 2.30. The third-order valence-electron chi connectivity index (χ3n) is 4.19.